The number of piperidine rings is 1. The highest BCUT2D eigenvalue weighted by Crippen LogP contribution is 2.47. The molecule has 5 rings (SSSR count). The summed E-state index contributed by atoms with van der Waals surface area (Å²) < 4.78 is 12.4. The van der Waals surface area contributed by atoms with Crippen LogP contribution in [0.3, 0.4) is 0 Å². The van der Waals surface area contributed by atoms with Crippen LogP contribution in [0.25, 0.3) is 0 Å². The average Bonchev–Trinajstić information content (AvgIpc) is 3.02. The average molecular weight is 625 g/mol. The first-order valence-electron chi connectivity index (χ1n) is 16.8. The van der Waals surface area contributed by atoms with Crippen molar-refractivity contribution in [2.24, 2.45) is 39.8 Å². The van der Waals surface area contributed by atoms with Gasteiger partial charge in [0, 0.05) is 44.8 Å². The molecule has 1 saturated carbocycles. The van der Waals surface area contributed by atoms with Crippen molar-refractivity contribution < 1.29 is 29.6 Å². The Morgan fingerprint density at radius 3 is 2.82 bits per heavy atom. The molecule has 9 atom stereocenters. The van der Waals surface area contributed by atoms with E-state index in [0.717, 1.165) is 63.5 Å². The molecule has 2 fully saturated rings. The van der Waals surface area contributed by atoms with E-state index in [9.17, 15) is 20.1 Å². The summed E-state index contributed by atoms with van der Waals surface area (Å²) in [7, 11) is 1.66. The van der Waals surface area contributed by atoms with Crippen LogP contribution in [0.2, 0.25) is 0 Å². The Labute approximate surface area is 267 Å². The highest BCUT2D eigenvalue weighted by Gasteiger charge is 2.45. The number of ether oxygens (including phenoxy) is 2. The van der Waals surface area contributed by atoms with Gasteiger partial charge in [-0.1, -0.05) is 25.2 Å². The second-order valence-corrected chi connectivity index (χ2v) is 13.8. The standard InChI is InChI=1S/C35H52N4O6/c1-21-7-8-24-18-35(21,20-39-34(36)37-3)11-9-23-5-4-6-27-16-28(10-12-38-27)45-33-15-25(26(19-40)14-31(33)43)13-29(23)32(17-30(24)42)44-22(2)41/h14-15,21,23-24,27-30,32,38,40,42-43H,4-8,10,12-13,16-20H2,1-3H3,(H3,36,37,39)/t21-,23-,24+,27+,28-,29-,30-,32+,35-/m1/s1. The van der Waals surface area contributed by atoms with Gasteiger partial charge in [-0.15, -0.1) is 0 Å². The molecule has 6 bridgehead atoms. The number of nitrogens with two attached hydrogens (primary N) is 1. The van der Waals surface area contributed by atoms with Crippen LogP contribution in [0.1, 0.15) is 82.8 Å². The molecule has 0 amide bonds. The molecule has 248 valence electrons. The highest BCUT2D eigenvalue weighted by atomic mass is 16.5. The van der Waals surface area contributed by atoms with E-state index in [1.54, 1.807) is 13.1 Å². The van der Waals surface area contributed by atoms with E-state index in [1.165, 1.54) is 6.92 Å². The van der Waals surface area contributed by atoms with Crippen molar-refractivity contribution in [1.82, 2.24) is 10.6 Å². The molecule has 1 aromatic rings. The lowest BCUT2D eigenvalue weighted by atomic mass is 9.61. The normalized spacial score (nSPS) is 35.4. The molecule has 0 radical (unpaired) electrons. The minimum absolute atomic E-state index is 0.00601. The van der Waals surface area contributed by atoms with Crippen molar-refractivity contribution in [3.63, 3.8) is 0 Å². The van der Waals surface area contributed by atoms with Crippen molar-refractivity contribution in [2.75, 3.05) is 20.1 Å². The van der Waals surface area contributed by atoms with Gasteiger partial charge in [-0.25, -0.2) is 0 Å². The molecule has 7 N–H and O–H groups in total. The molecule has 45 heavy (non-hydrogen) atoms. The minimum atomic E-state index is -0.678. The van der Waals surface area contributed by atoms with Crippen LogP contribution in [0.5, 0.6) is 11.5 Å². The summed E-state index contributed by atoms with van der Waals surface area (Å²) in [6, 6.07) is 3.72. The largest absolute Gasteiger partial charge is 0.504 e. The third kappa shape index (κ3) is 7.87. The number of phenols is 1. The maximum absolute atomic E-state index is 12.6. The van der Waals surface area contributed by atoms with Gasteiger partial charge in [0.25, 0.3) is 0 Å². The number of hydrogen-bond acceptors (Lipinski definition) is 8. The van der Waals surface area contributed by atoms with E-state index in [-0.39, 0.29) is 54.1 Å². The zero-order chi connectivity index (χ0) is 32.1. The summed E-state index contributed by atoms with van der Waals surface area (Å²) in [5.41, 5.74) is 7.10. The predicted molar refractivity (Wildman–Crippen MR) is 172 cm³/mol. The highest BCUT2D eigenvalue weighted by molar-refractivity contribution is 5.77. The fraction of sp³-hybridized carbons (Fsp3) is 0.714. The molecule has 0 aromatic heterocycles. The third-order valence-electron chi connectivity index (χ3n) is 10.9. The molecule has 0 unspecified atom stereocenters. The molecule has 2 aliphatic carbocycles. The summed E-state index contributed by atoms with van der Waals surface area (Å²) in [6.07, 6.45) is 6.36. The van der Waals surface area contributed by atoms with Crippen LogP contribution < -0.4 is 21.1 Å². The number of carbonyl (C=O) groups excluding carboxylic acids is 1. The molecule has 2 aliphatic heterocycles. The molecule has 0 spiro atoms. The quantitative estimate of drug-likeness (QED) is 0.128. The van der Waals surface area contributed by atoms with Gasteiger partial charge in [0.15, 0.2) is 17.5 Å². The molecular weight excluding hydrogens is 572 g/mol. The first kappa shape index (κ1) is 33.4. The number of aromatic hydroxyl groups is 1. The van der Waals surface area contributed by atoms with E-state index < -0.39 is 17.6 Å². The van der Waals surface area contributed by atoms with E-state index in [2.05, 4.69) is 34.4 Å². The number of carbonyl (C=O) groups is 1. The van der Waals surface area contributed by atoms with Crippen molar-refractivity contribution >= 4 is 11.9 Å². The molecular formula is C35H52N4O6. The number of guanidine groups is 1. The Balaban J connectivity index is 1.63. The van der Waals surface area contributed by atoms with E-state index in [1.807, 2.05) is 6.07 Å². The third-order valence-corrected chi connectivity index (χ3v) is 10.9. The van der Waals surface area contributed by atoms with Gasteiger partial charge in [-0.05, 0) is 93.0 Å². The number of fused-ring (bicyclic) bond motifs is 7. The number of nitrogens with zero attached hydrogens (tertiary/aromatic N) is 1. The second-order valence-electron chi connectivity index (χ2n) is 13.8. The van der Waals surface area contributed by atoms with Crippen LogP contribution in [-0.4, -0.2) is 71.7 Å². The van der Waals surface area contributed by atoms with E-state index >= 15 is 0 Å². The first-order chi connectivity index (χ1) is 21.6. The molecule has 1 saturated heterocycles. The number of rotatable bonds is 4. The fourth-order valence-electron chi connectivity index (χ4n) is 8.15. The monoisotopic (exact) mass is 624 g/mol. The van der Waals surface area contributed by atoms with Crippen LogP contribution in [0.4, 0.5) is 0 Å². The van der Waals surface area contributed by atoms with Gasteiger partial charge in [-0.2, -0.15) is 0 Å². The number of hydrogen-bond donors (Lipinski definition) is 6. The SMILES string of the molecule is CN=C(N)NC[C@]12C#C[C@H]3CCC[C@H]4C[C@@H](CCN4)Oc4cc(c(CO)cc4O)C[C@H]3[C@@H](OC(C)=O)C[C@@H](O)[C@@H](CC[C@H]1C)C2. The number of benzene rings is 1. The molecule has 2 heterocycles. The minimum Gasteiger partial charge on any atom is -0.504 e. The van der Waals surface area contributed by atoms with E-state index in [0.29, 0.717) is 36.7 Å². The topological polar surface area (TPSA) is 159 Å². The number of aliphatic hydroxyl groups excluding tert-OH is 2. The Hall–Kier alpha value is -3.00. The molecule has 4 aliphatic rings. The van der Waals surface area contributed by atoms with Crippen LogP contribution in [0.15, 0.2) is 17.1 Å². The van der Waals surface area contributed by atoms with Crippen LogP contribution in [0, 0.1) is 40.9 Å². The first-order valence-corrected chi connectivity index (χ1v) is 16.8. The number of aliphatic imine (C=N–C) groups is 1. The lowest BCUT2D eigenvalue weighted by Crippen LogP contribution is -2.49. The predicted octanol–water partition coefficient (Wildman–Crippen LogP) is 3.00. The van der Waals surface area contributed by atoms with Gasteiger partial charge >= 0.3 is 5.97 Å². The molecule has 10 heteroatoms. The van der Waals surface area contributed by atoms with Crippen molar-refractivity contribution in [3.8, 4) is 23.3 Å². The summed E-state index contributed by atoms with van der Waals surface area (Å²) in [6.45, 7) is 4.79. The van der Waals surface area contributed by atoms with E-state index in [4.69, 9.17) is 15.2 Å². The number of esters is 1. The Bertz CT molecular complexity index is 1290. The van der Waals surface area contributed by atoms with Crippen molar-refractivity contribution in [1.29, 1.82) is 0 Å². The van der Waals surface area contributed by atoms with Crippen molar-refractivity contribution in [2.45, 2.75) is 109 Å². The Morgan fingerprint density at radius 2 is 2.07 bits per heavy atom. The van der Waals surface area contributed by atoms with Gasteiger partial charge < -0.3 is 41.2 Å². The zero-order valence-electron chi connectivity index (χ0n) is 27.1. The maximum atomic E-state index is 12.6. The lowest BCUT2D eigenvalue weighted by molar-refractivity contribution is -0.153. The summed E-state index contributed by atoms with van der Waals surface area (Å²) in [5.74, 6) is 7.78. The fourth-order valence-corrected chi connectivity index (χ4v) is 8.15. The summed E-state index contributed by atoms with van der Waals surface area (Å²) >= 11 is 0. The number of phenolic OH excluding ortho intramolecular Hbond substituents is 1. The lowest BCUT2D eigenvalue weighted by Gasteiger charge is -2.45. The number of aliphatic hydroxyl groups is 2. The van der Waals surface area contributed by atoms with Gasteiger partial charge in [0.1, 0.15) is 12.2 Å². The Morgan fingerprint density at radius 1 is 1.24 bits per heavy atom. The maximum Gasteiger partial charge on any atom is 0.302 e. The van der Waals surface area contributed by atoms with Crippen molar-refractivity contribution in [3.05, 3.63) is 23.3 Å². The molecule has 10 nitrogen and oxygen atoms in total. The second kappa shape index (κ2) is 14.6. The van der Waals surface area contributed by atoms with Crippen LogP contribution >= 0.6 is 0 Å². The van der Waals surface area contributed by atoms with Gasteiger partial charge in [0.05, 0.1) is 18.1 Å². The Kier molecular flexibility index (Phi) is 10.8. The van der Waals surface area contributed by atoms with Gasteiger partial charge in [-0.3, -0.25) is 9.79 Å². The number of nitrogens with one attached hydrogen (secondary N) is 2. The van der Waals surface area contributed by atoms with Gasteiger partial charge in [0.2, 0.25) is 0 Å². The zero-order valence-corrected chi connectivity index (χ0v) is 27.1. The summed E-state index contributed by atoms with van der Waals surface area (Å²) in [4.78, 5) is 16.7. The summed E-state index contributed by atoms with van der Waals surface area (Å²) in [5, 5.41) is 39.9. The smallest absolute Gasteiger partial charge is 0.302 e. The molecule has 1 aromatic carbocycles. The van der Waals surface area contributed by atoms with Crippen LogP contribution in [-0.2, 0) is 22.6 Å².